The lowest BCUT2D eigenvalue weighted by molar-refractivity contribution is -0.136. The van der Waals surface area contributed by atoms with Crippen molar-refractivity contribution in [2.24, 2.45) is 5.73 Å². The molecule has 0 saturated heterocycles. The zero-order valence-electron chi connectivity index (χ0n) is 9.33. The normalized spacial score (nSPS) is 12.9. The van der Waals surface area contributed by atoms with Crippen molar-refractivity contribution >= 4 is 16.9 Å². The number of benzene rings is 1. The molecule has 2 rings (SSSR count). The number of nitrogens with two attached hydrogens (primary N) is 1. The molecule has 2 aromatic rings. The van der Waals surface area contributed by atoms with Crippen LogP contribution in [0.25, 0.3) is 10.9 Å². The number of H-pyrrole nitrogens is 1. The fourth-order valence-corrected chi connectivity index (χ4v) is 1.97. The molecule has 0 radical (unpaired) electrons. The van der Waals surface area contributed by atoms with Crippen molar-refractivity contribution in [3.05, 3.63) is 35.3 Å². The molecule has 0 spiro atoms. The van der Waals surface area contributed by atoms with Crippen molar-refractivity contribution < 1.29 is 14.3 Å². The molecular weight excluding hydrogens is 223 g/mol. The Labute approximate surface area is 97.2 Å². The second-order valence-electron chi connectivity index (χ2n) is 4.07. The highest BCUT2D eigenvalue weighted by atomic mass is 19.1. The van der Waals surface area contributed by atoms with Gasteiger partial charge in [-0.2, -0.15) is 0 Å². The van der Waals surface area contributed by atoms with Crippen LogP contribution < -0.4 is 5.73 Å². The van der Waals surface area contributed by atoms with Crippen LogP contribution in [0.2, 0.25) is 0 Å². The first-order chi connectivity index (χ1) is 7.99. The van der Waals surface area contributed by atoms with Crippen molar-refractivity contribution in [2.45, 2.75) is 19.4 Å². The second kappa shape index (κ2) is 4.18. The maximum atomic E-state index is 13.2. The minimum absolute atomic E-state index is 0.166. The summed E-state index contributed by atoms with van der Waals surface area (Å²) in [7, 11) is 0. The first-order valence-electron chi connectivity index (χ1n) is 5.26. The van der Waals surface area contributed by atoms with E-state index in [0.717, 1.165) is 0 Å². The van der Waals surface area contributed by atoms with Crippen molar-refractivity contribution in [2.75, 3.05) is 0 Å². The topological polar surface area (TPSA) is 79.1 Å². The standard InChI is InChI=1S/C12H13FN2O2/c1-6(14)12-9(5-11(16)17)8-4-7(13)2-3-10(8)15-12/h2-4,6,15H,5,14H2,1H3,(H,16,17). The molecule has 1 atom stereocenters. The van der Waals surface area contributed by atoms with E-state index in [4.69, 9.17) is 10.8 Å². The average molecular weight is 236 g/mol. The lowest BCUT2D eigenvalue weighted by atomic mass is 10.0. The van der Waals surface area contributed by atoms with Gasteiger partial charge in [-0.05, 0) is 30.7 Å². The molecule has 1 aromatic heterocycles. The summed E-state index contributed by atoms with van der Waals surface area (Å²) in [6.07, 6.45) is -0.166. The molecule has 1 unspecified atom stereocenters. The predicted molar refractivity (Wildman–Crippen MR) is 62.2 cm³/mol. The van der Waals surface area contributed by atoms with Gasteiger partial charge in [-0.15, -0.1) is 0 Å². The number of aliphatic carboxylic acids is 1. The third kappa shape index (κ3) is 2.14. The first kappa shape index (κ1) is 11.6. The van der Waals surface area contributed by atoms with E-state index in [1.165, 1.54) is 12.1 Å². The highest BCUT2D eigenvalue weighted by molar-refractivity contribution is 5.88. The number of halogens is 1. The molecule has 90 valence electrons. The summed E-state index contributed by atoms with van der Waals surface area (Å²) in [5, 5.41) is 9.45. The van der Waals surface area contributed by atoms with Crippen LogP contribution in [0.5, 0.6) is 0 Å². The Kier molecular flexibility index (Phi) is 2.85. The minimum Gasteiger partial charge on any atom is -0.481 e. The Morgan fingerprint density at radius 2 is 2.29 bits per heavy atom. The zero-order chi connectivity index (χ0) is 12.6. The molecule has 0 bridgehead atoms. The molecule has 0 aliphatic heterocycles. The van der Waals surface area contributed by atoms with Gasteiger partial charge in [-0.25, -0.2) is 4.39 Å². The van der Waals surface area contributed by atoms with Crippen molar-refractivity contribution in [1.82, 2.24) is 4.98 Å². The van der Waals surface area contributed by atoms with Crippen molar-refractivity contribution in [1.29, 1.82) is 0 Å². The lowest BCUT2D eigenvalue weighted by Gasteiger charge is -2.05. The highest BCUT2D eigenvalue weighted by Gasteiger charge is 2.17. The van der Waals surface area contributed by atoms with Crippen LogP contribution >= 0.6 is 0 Å². The van der Waals surface area contributed by atoms with E-state index < -0.39 is 5.97 Å². The number of carboxylic acid groups (broad SMARTS) is 1. The van der Waals surface area contributed by atoms with Crippen molar-refractivity contribution in [3.8, 4) is 0 Å². The number of nitrogens with one attached hydrogen (secondary N) is 1. The summed E-state index contributed by atoms with van der Waals surface area (Å²) < 4.78 is 13.2. The van der Waals surface area contributed by atoms with Crippen molar-refractivity contribution in [3.63, 3.8) is 0 Å². The number of fused-ring (bicyclic) bond motifs is 1. The van der Waals surface area contributed by atoms with Crippen LogP contribution in [0.3, 0.4) is 0 Å². The number of rotatable bonds is 3. The van der Waals surface area contributed by atoms with E-state index >= 15 is 0 Å². The van der Waals surface area contributed by atoms with Gasteiger partial charge in [0.15, 0.2) is 0 Å². The predicted octanol–water partition coefficient (Wildman–Crippen LogP) is 1.95. The summed E-state index contributed by atoms with van der Waals surface area (Å²) in [4.78, 5) is 13.9. The fourth-order valence-electron chi connectivity index (χ4n) is 1.97. The summed E-state index contributed by atoms with van der Waals surface area (Å²) in [6.45, 7) is 1.76. The van der Waals surface area contributed by atoms with E-state index in [1.807, 2.05) is 0 Å². The SMILES string of the molecule is CC(N)c1[nH]c2ccc(F)cc2c1CC(=O)O. The van der Waals surface area contributed by atoms with Crippen LogP contribution in [0.1, 0.15) is 24.2 Å². The quantitative estimate of drug-likeness (QED) is 0.762. The molecule has 0 aliphatic carbocycles. The summed E-state index contributed by atoms with van der Waals surface area (Å²) in [5.74, 6) is -1.35. The summed E-state index contributed by atoms with van der Waals surface area (Å²) in [5.41, 5.74) is 7.68. The molecule has 1 aromatic carbocycles. The number of carboxylic acids is 1. The van der Waals surface area contributed by atoms with Gasteiger partial charge in [0.1, 0.15) is 5.82 Å². The van der Waals surface area contributed by atoms with E-state index in [1.54, 1.807) is 13.0 Å². The number of hydrogen-bond acceptors (Lipinski definition) is 2. The second-order valence-corrected chi connectivity index (χ2v) is 4.07. The van der Waals surface area contributed by atoms with Crippen LogP contribution in [0.4, 0.5) is 4.39 Å². The largest absolute Gasteiger partial charge is 0.481 e. The van der Waals surface area contributed by atoms with Gasteiger partial charge in [-0.3, -0.25) is 4.79 Å². The fraction of sp³-hybridized carbons (Fsp3) is 0.250. The Bertz CT molecular complexity index is 575. The maximum absolute atomic E-state index is 13.2. The van der Waals surface area contributed by atoms with Gasteiger partial charge in [0, 0.05) is 22.6 Å². The summed E-state index contributed by atoms with van der Waals surface area (Å²) >= 11 is 0. The molecule has 4 nitrogen and oxygen atoms in total. The molecular formula is C12H13FN2O2. The van der Waals surface area contributed by atoms with E-state index in [-0.39, 0.29) is 18.3 Å². The minimum atomic E-state index is -0.961. The smallest absolute Gasteiger partial charge is 0.307 e. The number of aromatic nitrogens is 1. The highest BCUT2D eigenvalue weighted by Crippen LogP contribution is 2.27. The van der Waals surface area contributed by atoms with Gasteiger partial charge in [-0.1, -0.05) is 0 Å². The van der Waals surface area contributed by atoms with Crippen LogP contribution in [-0.2, 0) is 11.2 Å². The molecule has 0 amide bonds. The van der Waals surface area contributed by atoms with Gasteiger partial charge < -0.3 is 15.8 Å². The number of aromatic amines is 1. The summed E-state index contributed by atoms with van der Waals surface area (Å²) in [6, 6.07) is 3.92. The first-order valence-corrected chi connectivity index (χ1v) is 5.26. The van der Waals surface area contributed by atoms with Crippen LogP contribution in [0.15, 0.2) is 18.2 Å². The molecule has 17 heavy (non-hydrogen) atoms. The van der Waals surface area contributed by atoms with Gasteiger partial charge in [0.2, 0.25) is 0 Å². The maximum Gasteiger partial charge on any atom is 0.307 e. The Hall–Kier alpha value is -1.88. The van der Waals surface area contributed by atoms with E-state index in [2.05, 4.69) is 4.98 Å². The van der Waals surface area contributed by atoms with Gasteiger partial charge in [0.25, 0.3) is 0 Å². The average Bonchev–Trinajstić information content (AvgIpc) is 2.56. The third-order valence-electron chi connectivity index (χ3n) is 2.68. The molecule has 0 aliphatic rings. The Morgan fingerprint density at radius 1 is 1.59 bits per heavy atom. The zero-order valence-corrected chi connectivity index (χ0v) is 9.33. The number of hydrogen-bond donors (Lipinski definition) is 3. The molecule has 0 fully saturated rings. The van der Waals surface area contributed by atoms with Gasteiger partial charge in [0.05, 0.1) is 6.42 Å². The van der Waals surface area contributed by atoms with E-state index in [0.29, 0.717) is 22.2 Å². The monoisotopic (exact) mass is 236 g/mol. The molecule has 5 heteroatoms. The number of carbonyl (C=O) groups is 1. The Balaban J connectivity index is 2.68. The van der Waals surface area contributed by atoms with E-state index in [9.17, 15) is 9.18 Å². The van der Waals surface area contributed by atoms with Crippen LogP contribution in [0, 0.1) is 5.82 Å². The van der Waals surface area contributed by atoms with Crippen LogP contribution in [-0.4, -0.2) is 16.1 Å². The Morgan fingerprint density at radius 3 is 2.88 bits per heavy atom. The molecule has 0 saturated carbocycles. The molecule has 4 N–H and O–H groups in total. The third-order valence-corrected chi connectivity index (χ3v) is 2.68. The molecule has 1 heterocycles. The van der Waals surface area contributed by atoms with Gasteiger partial charge >= 0.3 is 5.97 Å². The lowest BCUT2D eigenvalue weighted by Crippen LogP contribution is -2.10.